The van der Waals surface area contributed by atoms with Gasteiger partial charge in [0.15, 0.2) is 0 Å². The molecule has 0 aliphatic rings. The van der Waals surface area contributed by atoms with Crippen LogP contribution in [0.4, 0.5) is 5.69 Å². The van der Waals surface area contributed by atoms with Crippen LogP contribution in [0.2, 0.25) is 5.02 Å². The van der Waals surface area contributed by atoms with E-state index in [2.05, 4.69) is 10.6 Å². The summed E-state index contributed by atoms with van der Waals surface area (Å²) in [4.78, 5) is 24.0. The van der Waals surface area contributed by atoms with E-state index in [0.29, 0.717) is 16.3 Å². The van der Waals surface area contributed by atoms with E-state index < -0.39 is 0 Å². The number of rotatable bonds is 5. The van der Waals surface area contributed by atoms with Gasteiger partial charge in [-0.3, -0.25) is 9.59 Å². The van der Waals surface area contributed by atoms with Crippen molar-refractivity contribution in [2.24, 2.45) is 0 Å². The second kappa shape index (κ2) is 7.65. The van der Waals surface area contributed by atoms with Gasteiger partial charge in [-0.05, 0) is 35.9 Å². The minimum absolute atomic E-state index is 0.184. The van der Waals surface area contributed by atoms with Gasteiger partial charge in [0, 0.05) is 12.1 Å². The zero-order valence-corrected chi connectivity index (χ0v) is 13.6. The molecule has 23 heavy (non-hydrogen) atoms. The zero-order valence-electron chi connectivity index (χ0n) is 12.9. The Bertz CT molecular complexity index is 714. The maximum atomic E-state index is 12.2. The van der Waals surface area contributed by atoms with Gasteiger partial charge in [0.1, 0.15) is 5.75 Å². The molecule has 2 amide bonds. The molecule has 2 aromatic carbocycles. The third kappa shape index (κ3) is 4.47. The van der Waals surface area contributed by atoms with E-state index in [1.165, 1.54) is 7.05 Å². The Labute approximate surface area is 139 Å². The maximum absolute atomic E-state index is 12.2. The average molecular weight is 333 g/mol. The predicted octanol–water partition coefficient (Wildman–Crippen LogP) is 2.89. The molecule has 0 heterocycles. The lowest BCUT2D eigenvalue weighted by atomic mass is 10.1. The van der Waals surface area contributed by atoms with E-state index in [0.717, 1.165) is 11.3 Å². The van der Waals surface area contributed by atoms with Gasteiger partial charge in [-0.15, -0.1) is 0 Å². The van der Waals surface area contributed by atoms with Gasteiger partial charge in [-0.25, -0.2) is 0 Å². The van der Waals surface area contributed by atoms with Crippen molar-refractivity contribution in [3.8, 4) is 5.75 Å². The van der Waals surface area contributed by atoms with Crippen molar-refractivity contribution in [1.29, 1.82) is 0 Å². The van der Waals surface area contributed by atoms with Gasteiger partial charge in [-0.1, -0.05) is 23.7 Å². The van der Waals surface area contributed by atoms with Crippen LogP contribution >= 0.6 is 11.6 Å². The smallest absolute Gasteiger partial charge is 0.253 e. The number of carbonyl (C=O) groups is 2. The molecule has 0 saturated carbocycles. The first-order chi connectivity index (χ1) is 11.0. The molecular weight excluding hydrogens is 316 g/mol. The molecule has 0 bridgehead atoms. The summed E-state index contributed by atoms with van der Waals surface area (Å²) in [5.41, 5.74) is 1.59. The van der Waals surface area contributed by atoms with E-state index >= 15 is 0 Å². The third-order valence-electron chi connectivity index (χ3n) is 3.25. The van der Waals surface area contributed by atoms with E-state index in [-0.39, 0.29) is 18.2 Å². The second-order valence-corrected chi connectivity index (χ2v) is 5.28. The number of amides is 2. The fraction of sp³-hybridized carbons (Fsp3) is 0.176. The molecule has 0 saturated heterocycles. The normalized spacial score (nSPS) is 10.0. The Balaban J connectivity index is 2.12. The van der Waals surface area contributed by atoms with Crippen molar-refractivity contribution < 1.29 is 14.3 Å². The van der Waals surface area contributed by atoms with Crippen molar-refractivity contribution >= 4 is 29.1 Å². The summed E-state index contributed by atoms with van der Waals surface area (Å²) in [7, 11) is 3.11. The van der Waals surface area contributed by atoms with E-state index in [1.54, 1.807) is 37.4 Å². The van der Waals surface area contributed by atoms with E-state index in [1.807, 2.05) is 12.1 Å². The van der Waals surface area contributed by atoms with Gasteiger partial charge in [0.05, 0.1) is 24.8 Å². The van der Waals surface area contributed by atoms with Gasteiger partial charge in [0.2, 0.25) is 5.91 Å². The molecular formula is C17H17ClN2O3. The van der Waals surface area contributed by atoms with E-state index in [9.17, 15) is 9.59 Å². The number of hydrogen-bond acceptors (Lipinski definition) is 3. The molecule has 5 nitrogen and oxygen atoms in total. The van der Waals surface area contributed by atoms with Crippen LogP contribution in [0, 0.1) is 0 Å². The highest BCUT2D eigenvalue weighted by atomic mass is 35.5. The molecule has 2 rings (SSSR count). The number of halogens is 1. The van der Waals surface area contributed by atoms with Gasteiger partial charge >= 0.3 is 0 Å². The van der Waals surface area contributed by atoms with Crippen LogP contribution in [-0.2, 0) is 11.2 Å². The van der Waals surface area contributed by atoms with Gasteiger partial charge in [-0.2, -0.15) is 0 Å². The third-order valence-corrected chi connectivity index (χ3v) is 3.49. The van der Waals surface area contributed by atoms with Crippen LogP contribution < -0.4 is 15.4 Å². The monoisotopic (exact) mass is 332 g/mol. The lowest BCUT2D eigenvalue weighted by Crippen LogP contribution is -2.22. The SMILES string of the molecule is CNC(=O)c1ccc(Cl)cc1NC(=O)Cc1ccc(OC)cc1. The summed E-state index contributed by atoms with van der Waals surface area (Å²) in [6.07, 6.45) is 0.184. The van der Waals surface area contributed by atoms with Crippen molar-refractivity contribution in [3.63, 3.8) is 0 Å². The van der Waals surface area contributed by atoms with Gasteiger partial charge in [0.25, 0.3) is 5.91 Å². The van der Waals surface area contributed by atoms with E-state index in [4.69, 9.17) is 16.3 Å². The number of methoxy groups -OCH3 is 1. The Morgan fingerprint density at radius 1 is 1.13 bits per heavy atom. The first-order valence-corrected chi connectivity index (χ1v) is 7.35. The number of nitrogens with one attached hydrogen (secondary N) is 2. The Kier molecular flexibility index (Phi) is 5.60. The molecule has 0 unspecified atom stereocenters. The standard InChI is InChI=1S/C17H17ClN2O3/c1-19-17(22)14-8-5-12(18)10-15(14)20-16(21)9-11-3-6-13(23-2)7-4-11/h3-8,10H,9H2,1-2H3,(H,19,22)(H,20,21). The zero-order chi connectivity index (χ0) is 16.8. The Morgan fingerprint density at radius 2 is 1.83 bits per heavy atom. The van der Waals surface area contributed by atoms with Crippen LogP contribution in [0.3, 0.4) is 0 Å². The maximum Gasteiger partial charge on any atom is 0.253 e. The molecule has 0 fully saturated rings. The van der Waals surface area contributed by atoms with Crippen molar-refractivity contribution in [1.82, 2.24) is 5.32 Å². The van der Waals surface area contributed by atoms with Gasteiger partial charge < -0.3 is 15.4 Å². The van der Waals surface area contributed by atoms with Crippen molar-refractivity contribution in [3.05, 3.63) is 58.6 Å². The quantitative estimate of drug-likeness (QED) is 0.884. The molecule has 0 aromatic heterocycles. The molecule has 2 aromatic rings. The summed E-state index contributed by atoms with van der Waals surface area (Å²) >= 11 is 5.94. The van der Waals surface area contributed by atoms with Crippen molar-refractivity contribution in [2.45, 2.75) is 6.42 Å². The molecule has 0 radical (unpaired) electrons. The summed E-state index contributed by atoms with van der Waals surface area (Å²) < 4.78 is 5.08. The lowest BCUT2D eigenvalue weighted by Gasteiger charge is -2.11. The summed E-state index contributed by atoms with van der Waals surface area (Å²) in [6.45, 7) is 0. The highest BCUT2D eigenvalue weighted by molar-refractivity contribution is 6.31. The van der Waals surface area contributed by atoms with Crippen molar-refractivity contribution in [2.75, 3.05) is 19.5 Å². The highest BCUT2D eigenvalue weighted by Gasteiger charge is 2.13. The fourth-order valence-corrected chi connectivity index (χ4v) is 2.25. The molecule has 6 heteroatoms. The average Bonchev–Trinajstić information content (AvgIpc) is 2.55. The summed E-state index contributed by atoms with van der Waals surface area (Å²) in [5, 5.41) is 5.70. The Hall–Kier alpha value is -2.53. The molecule has 0 atom stereocenters. The number of ether oxygens (including phenoxy) is 1. The number of carbonyl (C=O) groups excluding carboxylic acids is 2. The topological polar surface area (TPSA) is 67.4 Å². The Morgan fingerprint density at radius 3 is 2.43 bits per heavy atom. The van der Waals surface area contributed by atoms with Crippen LogP contribution in [0.15, 0.2) is 42.5 Å². The minimum atomic E-state index is -0.290. The molecule has 0 aliphatic heterocycles. The fourth-order valence-electron chi connectivity index (χ4n) is 2.08. The number of benzene rings is 2. The molecule has 2 N–H and O–H groups in total. The largest absolute Gasteiger partial charge is 0.497 e. The van der Waals surface area contributed by atoms with Crippen LogP contribution in [0.25, 0.3) is 0 Å². The number of anilines is 1. The molecule has 120 valence electrons. The van der Waals surface area contributed by atoms with Crippen LogP contribution in [0.1, 0.15) is 15.9 Å². The van der Waals surface area contributed by atoms with Crippen LogP contribution in [0.5, 0.6) is 5.75 Å². The predicted molar refractivity (Wildman–Crippen MR) is 90.2 cm³/mol. The lowest BCUT2D eigenvalue weighted by molar-refractivity contribution is -0.115. The number of hydrogen-bond donors (Lipinski definition) is 2. The summed E-state index contributed by atoms with van der Waals surface area (Å²) in [6, 6.07) is 11.9. The summed E-state index contributed by atoms with van der Waals surface area (Å²) in [5.74, 6) is 0.204. The van der Waals surface area contributed by atoms with Crippen LogP contribution in [-0.4, -0.2) is 26.0 Å². The minimum Gasteiger partial charge on any atom is -0.497 e. The first-order valence-electron chi connectivity index (χ1n) is 6.98. The second-order valence-electron chi connectivity index (χ2n) is 4.84. The highest BCUT2D eigenvalue weighted by Crippen LogP contribution is 2.21. The molecule has 0 aliphatic carbocycles. The molecule has 0 spiro atoms. The first kappa shape index (κ1) is 16.8.